The molecule has 18 heavy (non-hydrogen) atoms. The van der Waals surface area contributed by atoms with Crippen molar-refractivity contribution in [1.29, 1.82) is 0 Å². The molecule has 0 bridgehead atoms. The molecule has 0 radical (unpaired) electrons. The molecule has 0 saturated carbocycles. The van der Waals surface area contributed by atoms with Crippen molar-refractivity contribution in [3.63, 3.8) is 0 Å². The van der Waals surface area contributed by atoms with E-state index in [4.69, 9.17) is 0 Å². The van der Waals surface area contributed by atoms with Crippen molar-refractivity contribution >= 4 is 15.9 Å². The summed E-state index contributed by atoms with van der Waals surface area (Å²) < 4.78 is 14.7. The number of nitrogens with zero attached hydrogens (tertiary/aromatic N) is 1. The van der Waals surface area contributed by atoms with Crippen LogP contribution in [0.4, 0.5) is 4.39 Å². The van der Waals surface area contributed by atoms with Crippen LogP contribution >= 0.6 is 15.9 Å². The average molecular weight is 315 g/mol. The summed E-state index contributed by atoms with van der Waals surface area (Å²) in [7, 11) is 0. The molecule has 0 spiro atoms. The van der Waals surface area contributed by atoms with Gasteiger partial charge in [-0.05, 0) is 38.1 Å². The zero-order chi connectivity index (χ0) is 13.0. The Bertz CT molecular complexity index is 391. The molecule has 1 atom stereocenters. The van der Waals surface area contributed by atoms with E-state index in [0.717, 1.165) is 42.5 Å². The number of halogens is 2. The van der Waals surface area contributed by atoms with E-state index in [1.807, 2.05) is 12.1 Å². The molecule has 1 saturated heterocycles. The van der Waals surface area contributed by atoms with Gasteiger partial charge in [0, 0.05) is 29.2 Å². The van der Waals surface area contributed by atoms with E-state index >= 15 is 0 Å². The third kappa shape index (κ3) is 3.53. The van der Waals surface area contributed by atoms with Crippen LogP contribution in [0.2, 0.25) is 0 Å². The molecule has 1 aliphatic heterocycles. The van der Waals surface area contributed by atoms with Gasteiger partial charge in [-0.3, -0.25) is 4.90 Å². The van der Waals surface area contributed by atoms with Gasteiger partial charge in [0.05, 0.1) is 0 Å². The highest BCUT2D eigenvalue weighted by molar-refractivity contribution is 9.10. The molecular weight excluding hydrogens is 295 g/mol. The summed E-state index contributed by atoms with van der Waals surface area (Å²) in [6.07, 6.45) is 2.27. The monoisotopic (exact) mass is 314 g/mol. The molecule has 1 aliphatic rings. The maximum atomic E-state index is 13.9. The van der Waals surface area contributed by atoms with Gasteiger partial charge >= 0.3 is 0 Å². The van der Waals surface area contributed by atoms with Gasteiger partial charge in [-0.2, -0.15) is 0 Å². The number of rotatable bonds is 5. The van der Waals surface area contributed by atoms with Crippen molar-refractivity contribution in [3.8, 4) is 0 Å². The van der Waals surface area contributed by atoms with Crippen molar-refractivity contribution in [1.82, 2.24) is 10.2 Å². The lowest BCUT2D eigenvalue weighted by Gasteiger charge is -2.28. The fourth-order valence-corrected chi connectivity index (χ4v) is 2.83. The van der Waals surface area contributed by atoms with Gasteiger partial charge in [-0.15, -0.1) is 0 Å². The van der Waals surface area contributed by atoms with E-state index < -0.39 is 0 Å². The van der Waals surface area contributed by atoms with Crippen LogP contribution in [-0.2, 0) is 6.54 Å². The Kier molecular flexibility index (Phi) is 5.15. The zero-order valence-electron chi connectivity index (χ0n) is 10.8. The molecule has 1 fully saturated rings. The van der Waals surface area contributed by atoms with Crippen LogP contribution in [0.5, 0.6) is 0 Å². The summed E-state index contributed by atoms with van der Waals surface area (Å²) in [4.78, 5) is 2.40. The molecule has 0 aliphatic carbocycles. The first-order chi connectivity index (χ1) is 8.70. The summed E-state index contributed by atoms with van der Waals surface area (Å²) in [5, 5.41) is 3.38. The van der Waals surface area contributed by atoms with Crippen LogP contribution < -0.4 is 5.32 Å². The van der Waals surface area contributed by atoms with Gasteiger partial charge in [0.15, 0.2) is 0 Å². The van der Waals surface area contributed by atoms with Crippen molar-refractivity contribution < 1.29 is 4.39 Å². The maximum absolute atomic E-state index is 13.9. The van der Waals surface area contributed by atoms with Crippen molar-refractivity contribution in [3.05, 3.63) is 34.1 Å². The molecule has 2 nitrogen and oxygen atoms in total. The molecule has 1 aromatic carbocycles. The van der Waals surface area contributed by atoms with Crippen LogP contribution in [0.1, 0.15) is 25.3 Å². The van der Waals surface area contributed by atoms with E-state index in [2.05, 4.69) is 33.1 Å². The van der Waals surface area contributed by atoms with Crippen LogP contribution in [0, 0.1) is 5.82 Å². The smallest absolute Gasteiger partial charge is 0.128 e. The third-order valence-electron chi connectivity index (χ3n) is 3.45. The molecule has 1 unspecified atom stereocenters. The Balaban J connectivity index is 2.07. The van der Waals surface area contributed by atoms with E-state index in [9.17, 15) is 4.39 Å². The number of nitrogens with one attached hydrogen (secondary N) is 1. The lowest BCUT2D eigenvalue weighted by atomic mass is 10.1. The fourth-order valence-electron chi connectivity index (χ4n) is 2.50. The molecule has 1 aromatic rings. The first-order valence-electron chi connectivity index (χ1n) is 6.59. The second kappa shape index (κ2) is 6.64. The second-order valence-corrected chi connectivity index (χ2v) is 5.77. The minimum absolute atomic E-state index is 0.114. The topological polar surface area (TPSA) is 15.3 Å². The number of hydrogen-bond acceptors (Lipinski definition) is 2. The highest BCUT2D eigenvalue weighted by Crippen LogP contribution is 2.19. The van der Waals surface area contributed by atoms with Crippen LogP contribution in [0.25, 0.3) is 0 Å². The predicted octanol–water partition coefficient (Wildman–Crippen LogP) is 3.16. The predicted molar refractivity (Wildman–Crippen MR) is 76.1 cm³/mol. The van der Waals surface area contributed by atoms with Crippen LogP contribution in [-0.4, -0.2) is 30.6 Å². The van der Waals surface area contributed by atoms with Gasteiger partial charge < -0.3 is 5.32 Å². The normalized spacial score (nSPS) is 19.7. The Hall–Kier alpha value is -0.450. The molecular formula is C14H20BrFN2. The summed E-state index contributed by atoms with van der Waals surface area (Å²) >= 11 is 3.30. The molecule has 2 rings (SSSR count). The fraction of sp³-hybridized carbons (Fsp3) is 0.571. The molecule has 100 valence electrons. The minimum Gasteiger partial charge on any atom is -0.315 e. The Morgan fingerprint density at radius 3 is 2.94 bits per heavy atom. The summed E-state index contributed by atoms with van der Waals surface area (Å²) in [5.41, 5.74) is 0.790. The highest BCUT2D eigenvalue weighted by atomic mass is 79.9. The van der Waals surface area contributed by atoms with Gasteiger partial charge in [-0.25, -0.2) is 4.39 Å². The molecule has 4 heteroatoms. The summed E-state index contributed by atoms with van der Waals surface area (Å²) in [6.45, 7) is 6.01. The standard InChI is InChI=1S/C14H20BrFN2/c1-2-7-18(13-5-6-17-9-13)10-11-3-4-12(15)8-14(11)16/h3-4,8,13,17H,2,5-7,9-10H2,1H3. The Labute approximate surface area is 117 Å². The van der Waals surface area contributed by atoms with Crippen LogP contribution in [0.15, 0.2) is 22.7 Å². The summed E-state index contributed by atoms with van der Waals surface area (Å²) in [6, 6.07) is 5.89. The quantitative estimate of drug-likeness (QED) is 0.898. The van der Waals surface area contributed by atoms with E-state index in [1.165, 1.54) is 0 Å². The van der Waals surface area contributed by atoms with E-state index in [1.54, 1.807) is 6.07 Å². The number of benzene rings is 1. The van der Waals surface area contributed by atoms with Crippen LogP contribution in [0.3, 0.4) is 0 Å². The first kappa shape index (κ1) is 14.0. The summed E-state index contributed by atoms with van der Waals surface area (Å²) in [5.74, 6) is -0.114. The third-order valence-corrected chi connectivity index (χ3v) is 3.94. The Morgan fingerprint density at radius 2 is 2.33 bits per heavy atom. The Morgan fingerprint density at radius 1 is 1.50 bits per heavy atom. The molecule has 0 amide bonds. The van der Waals surface area contributed by atoms with Crippen molar-refractivity contribution in [2.75, 3.05) is 19.6 Å². The zero-order valence-corrected chi connectivity index (χ0v) is 12.3. The van der Waals surface area contributed by atoms with Crippen molar-refractivity contribution in [2.45, 2.75) is 32.4 Å². The largest absolute Gasteiger partial charge is 0.315 e. The first-order valence-corrected chi connectivity index (χ1v) is 7.38. The van der Waals surface area contributed by atoms with E-state index in [-0.39, 0.29) is 5.82 Å². The van der Waals surface area contributed by atoms with Gasteiger partial charge in [-0.1, -0.05) is 28.9 Å². The van der Waals surface area contributed by atoms with Gasteiger partial charge in [0.25, 0.3) is 0 Å². The number of hydrogen-bond donors (Lipinski definition) is 1. The average Bonchev–Trinajstić information content (AvgIpc) is 2.85. The SMILES string of the molecule is CCCN(Cc1ccc(Br)cc1F)C1CCNC1. The lowest BCUT2D eigenvalue weighted by molar-refractivity contribution is 0.197. The van der Waals surface area contributed by atoms with E-state index in [0.29, 0.717) is 12.6 Å². The van der Waals surface area contributed by atoms with Crippen molar-refractivity contribution in [2.24, 2.45) is 0 Å². The highest BCUT2D eigenvalue weighted by Gasteiger charge is 2.22. The maximum Gasteiger partial charge on any atom is 0.128 e. The molecule has 1 N–H and O–H groups in total. The second-order valence-electron chi connectivity index (χ2n) is 4.85. The molecule has 0 aromatic heterocycles. The van der Waals surface area contributed by atoms with Gasteiger partial charge in [0.1, 0.15) is 5.82 Å². The van der Waals surface area contributed by atoms with Gasteiger partial charge in [0.2, 0.25) is 0 Å². The lowest BCUT2D eigenvalue weighted by Crippen LogP contribution is -2.37. The minimum atomic E-state index is -0.114. The molecule has 1 heterocycles.